The van der Waals surface area contributed by atoms with E-state index in [1.165, 1.54) is 70.8 Å². The number of nitrogens with one attached hydrogen (secondary N) is 1. The molecule has 1 N–H and O–H groups in total. The van der Waals surface area contributed by atoms with E-state index in [1.54, 1.807) is 0 Å². The summed E-state index contributed by atoms with van der Waals surface area (Å²) in [5.74, 6) is 0. The van der Waals surface area contributed by atoms with Crippen LogP contribution in [0.5, 0.6) is 0 Å². The van der Waals surface area contributed by atoms with Crippen LogP contribution in [0.1, 0.15) is 0 Å². The lowest BCUT2D eigenvalue weighted by Gasteiger charge is -2.11. The zero-order valence-corrected chi connectivity index (χ0v) is 15.0. The van der Waals surface area contributed by atoms with Crippen LogP contribution in [0.4, 0.5) is 0 Å². The number of aromatic nitrogens is 2. The van der Waals surface area contributed by atoms with Gasteiger partial charge in [-0.2, -0.15) is 0 Å². The Morgan fingerprint density at radius 3 is 1.57 bits per heavy atom. The average molecular weight is 354 g/mol. The van der Waals surface area contributed by atoms with Crippen LogP contribution in [0.25, 0.3) is 70.8 Å². The van der Waals surface area contributed by atoms with Gasteiger partial charge in [0, 0.05) is 49.0 Å². The average Bonchev–Trinajstić information content (AvgIpc) is 3.30. The van der Waals surface area contributed by atoms with E-state index in [1.807, 2.05) is 0 Å². The third kappa shape index (κ3) is 1.29. The summed E-state index contributed by atoms with van der Waals surface area (Å²) < 4.78 is 2.43. The van der Waals surface area contributed by atoms with Gasteiger partial charge in [0.25, 0.3) is 0 Å². The standard InChI is InChI=1S/C26H14N2/c1-2-4-16(5-3-1)28-19-12-8-14-6-10-17-23-21(14)25(19)26-20(28)13-9-15-7-11-18(27-17)24(23)22(15)26/h1-13,27H. The van der Waals surface area contributed by atoms with Gasteiger partial charge in [0.15, 0.2) is 0 Å². The summed E-state index contributed by atoms with van der Waals surface area (Å²) >= 11 is 0. The zero-order valence-electron chi connectivity index (χ0n) is 15.0. The van der Waals surface area contributed by atoms with Gasteiger partial charge >= 0.3 is 0 Å². The fourth-order valence-corrected chi connectivity index (χ4v) is 5.55. The molecule has 2 heterocycles. The molecule has 6 aromatic carbocycles. The van der Waals surface area contributed by atoms with Gasteiger partial charge in [0.05, 0.1) is 11.0 Å². The lowest BCUT2D eigenvalue weighted by molar-refractivity contribution is 1.18. The number of para-hydroxylation sites is 1. The van der Waals surface area contributed by atoms with Gasteiger partial charge in [0.1, 0.15) is 0 Å². The number of hydrogen-bond acceptors (Lipinski definition) is 0. The van der Waals surface area contributed by atoms with Crippen molar-refractivity contribution >= 4 is 65.2 Å². The van der Waals surface area contributed by atoms with Gasteiger partial charge in [-0.15, -0.1) is 0 Å². The Morgan fingerprint density at radius 2 is 1.00 bits per heavy atom. The first-order chi connectivity index (χ1) is 13.9. The molecule has 2 heteroatoms. The topological polar surface area (TPSA) is 20.7 Å². The Kier molecular flexibility index (Phi) is 2.01. The second-order valence-corrected chi connectivity index (χ2v) is 7.89. The van der Waals surface area contributed by atoms with Gasteiger partial charge in [-0.3, -0.25) is 0 Å². The highest BCUT2D eigenvalue weighted by molar-refractivity contribution is 6.45. The molecule has 0 aliphatic heterocycles. The van der Waals surface area contributed by atoms with Crippen molar-refractivity contribution in [2.75, 3.05) is 0 Å². The highest BCUT2D eigenvalue weighted by atomic mass is 15.0. The van der Waals surface area contributed by atoms with Crippen LogP contribution >= 0.6 is 0 Å². The number of H-pyrrole nitrogens is 1. The maximum atomic E-state index is 3.66. The van der Waals surface area contributed by atoms with E-state index in [-0.39, 0.29) is 0 Å². The molecule has 8 aromatic rings. The molecule has 0 aliphatic carbocycles. The van der Waals surface area contributed by atoms with Crippen LogP contribution in [-0.4, -0.2) is 9.55 Å². The third-order valence-corrected chi connectivity index (χ3v) is 6.59. The molecule has 0 bridgehead atoms. The van der Waals surface area contributed by atoms with Crippen molar-refractivity contribution in [3.8, 4) is 5.69 Å². The smallest absolute Gasteiger partial charge is 0.0548 e. The normalized spacial score (nSPS) is 13.0. The highest BCUT2D eigenvalue weighted by Crippen LogP contribution is 2.49. The number of rotatable bonds is 1. The molecule has 0 amide bonds. The third-order valence-electron chi connectivity index (χ3n) is 6.59. The van der Waals surface area contributed by atoms with E-state index < -0.39 is 0 Å². The summed E-state index contributed by atoms with van der Waals surface area (Å²) in [6, 6.07) is 28.8. The van der Waals surface area contributed by atoms with Crippen molar-refractivity contribution in [2.24, 2.45) is 0 Å². The number of aromatic amines is 1. The second kappa shape index (κ2) is 4.20. The summed E-state index contributed by atoms with van der Waals surface area (Å²) in [6.45, 7) is 0. The van der Waals surface area contributed by atoms with Crippen LogP contribution in [0.2, 0.25) is 0 Å². The predicted molar refractivity (Wildman–Crippen MR) is 119 cm³/mol. The van der Waals surface area contributed by atoms with Crippen molar-refractivity contribution < 1.29 is 0 Å². The first-order valence-electron chi connectivity index (χ1n) is 9.72. The molecule has 28 heavy (non-hydrogen) atoms. The minimum absolute atomic E-state index is 1.22. The Hall–Kier alpha value is -3.78. The van der Waals surface area contributed by atoms with Gasteiger partial charge in [0.2, 0.25) is 0 Å². The maximum Gasteiger partial charge on any atom is 0.0548 e. The van der Waals surface area contributed by atoms with Gasteiger partial charge in [-0.25, -0.2) is 0 Å². The predicted octanol–water partition coefficient (Wildman–Crippen LogP) is 7.04. The molecular weight excluding hydrogens is 340 g/mol. The van der Waals surface area contributed by atoms with Crippen molar-refractivity contribution in [3.63, 3.8) is 0 Å². The largest absolute Gasteiger partial charge is 0.354 e. The molecule has 0 fully saturated rings. The molecule has 128 valence electrons. The minimum atomic E-state index is 1.22. The molecule has 2 nitrogen and oxygen atoms in total. The molecule has 0 atom stereocenters. The summed E-state index contributed by atoms with van der Waals surface area (Å²) in [5.41, 5.74) is 6.26. The quantitative estimate of drug-likeness (QED) is 0.241. The van der Waals surface area contributed by atoms with E-state index in [0.29, 0.717) is 0 Å². The summed E-state index contributed by atoms with van der Waals surface area (Å²) in [5, 5.41) is 11.0. The van der Waals surface area contributed by atoms with Crippen LogP contribution in [-0.2, 0) is 0 Å². The Morgan fingerprint density at radius 1 is 0.464 bits per heavy atom. The number of nitrogens with zero attached hydrogens (tertiary/aromatic N) is 1. The second-order valence-electron chi connectivity index (χ2n) is 7.89. The first-order valence-corrected chi connectivity index (χ1v) is 9.72. The number of hydrogen-bond donors (Lipinski definition) is 1. The first kappa shape index (κ1) is 13.4. The van der Waals surface area contributed by atoms with Crippen LogP contribution < -0.4 is 0 Å². The Labute approximate surface area is 159 Å². The molecule has 0 unspecified atom stereocenters. The van der Waals surface area contributed by atoms with E-state index in [4.69, 9.17) is 0 Å². The molecule has 0 radical (unpaired) electrons. The summed E-state index contributed by atoms with van der Waals surface area (Å²) in [6.07, 6.45) is 0. The number of benzene rings is 6. The molecule has 2 aromatic heterocycles. The minimum Gasteiger partial charge on any atom is -0.354 e. The van der Waals surface area contributed by atoms with Crippen molar-refractivity contribution in [1.82, 2.24) is 9.55 Å². The lowest BCUT2D eigenvalue weighted by atomic mass is 9.90. The Balaban J connectivity index is 1.83. The highest BCUT2D eigenvalue weighted by Gasteiger charge is 2.24. The van der Waals surface area contributed by atoms with E-state index >= 15 is 0 Å². The molecule has 0 aliphatic rings. The van der Waals surface area contributed by atoms with E-state index in [0.717, 1.165) is 0 Å². The molecule has 0 saturated heterocycles. The SMILES string of the molecule is c1ccc(-n2c3ccc4ccc5[nH]c6ccc7ccc2c2c7c6c5c4c23)cc1. The Bertz CT molecular complexity index is 1690. The van der Waals surface area contributed by atoms with E-state index in [2.05, 4.69) is 88.4 Å². The van der Waals surface area contributed by atoms with Gasteiger partial charge in [-0.05, 0) is 47.2 Å². The van der Waals surface area contributed by atoms with Crippen molar-refractivity contribution in [1.29, 1.82) is 0 Å². The fourth-order valence-electron chi connectivity index (χ4n) is 5.55. The lowest BCUT2D eigenvalue weighted by Crippen LogP contribution is -1.92. The van der Waals surface area contributed by atoms with Crippen LogP contribution in [0.3, 0.4) is 0 Å². The molecular formula is C26H14N2. The summed E-state index contributed by atoms with van der Waals surface area (Å²) in [4.78, 5) is 3.66. The van der Waals surface area contributed by atoms with Crippen molar-refractivity contribution in [3.05, 3.63) is 78.9 Å². The molecule has 0 spiro atoms. The monoisotopic (exact) mass is 354 g/mol. The van der Waals surface area contributed by atoms with Gasteiger partial charge in [-0.1, -0.05) is 42.5 Å². The van der Waals surface area contributed by atoms with Crippen LogP contribution in [0.15, 0.2) is 78.9 Å². The maximum absolute atomic E-state index is 3.66. The molecule has 8 rings (SSSR count). The summed E-state index contributed by atoms with van der Waals surface area (Å²) in [7, 11) is 0. The van der Waals surface area contributed by atoms with Crippen molar-refractivity contribution in [2.45, 2.75) is 0 Å². The van der Waals surface area contributed by atoms with Gasteiger partial charge < -0.3 is 9.55 Å². The van der Waals surface area contributed by atoms with Crippen LogP contribution in [0, 0.1) is 0 Å². The zero-order chi connectivity index (χ0) is 18.0. The van der Waals surface area contributed by atoms with E-state index in [9.17, 15) is 0 Å². The fraction of sp³-hybridized carbons (Fsp3) is 0. The molecule has 0 saturated carbocycles.